The monoisotopic (exact) mass is 401 g/mol. The van der Waals surface area contributed by atoms with Gasteiger partial charge in [-0.25, -0.2) is 0 Å². The van der Waals surface area contributed by atoms with Crippen molar-refractivity contribution < 1.29 is 13.9 Å². The Morgan fingerprint density at radius 3 is 2.70 bits per heavy atom. The van der Waals surface area contributed by atoms with Gasteiger partial charge in [-0.2, -0.15) is 4.68 Å². The maximum Gasteiger partial charge on any atom is 0.274 e. The van der Waals surface area contributed by atoms with E-state index in [0.29, 0.717) is 23.0 Å². The molecule has 0 saturated carbocycles. The number of amides is 1. The number of nitrogens with zero attached hydrogens (tertiary/aromatic N) is 4. The van der Waals surface area contributed by atoms with Crippen LogP contribution in [0.15, 0.2) is 71.3 Å². The van der Waals surface area contributed by atoms with Crippen LogP contribution in [0.4, 0.5) is 5.69 Å². The first-order valence-corrected chi connectivity index (χ1v) is 9.21. The number of carbonyl (C=O) groups excluding carboxylic acids is 1. The maximum atomic E-state index is 13.3. The van der Waals surface area contributed by atoms with Gasteiger partial charge < -0.3 is 14.5 Å². The maximum absolute atomic E-state index is 13.3. The highest BCUT2D eigenvalue weighted by molar-refractivity contribution is 6.24. The molecule has 150 valence electrons. The molecule has 0 atom stereocenters. The highest BCUT2D eigenvalue weighted by atomic mass is 16.5. The molecule has 0 saturated heterocycles. The largest absolute Gasteiger partial charge is 0.495 e. The van der Waals surface area contributed by atoms with Gasteiger partial charge in [-0.1, -0.05) is 36.4 Å². The number of furan rings is 1. The van der Waals surface area contributed by atoms with Crippen LogP contribution in [0.5, 0.6) is 5.75 Å². The fourth-order valence-corrected chi connectivity index (χ4v) is 2.95. The normalized spacial score (nSPS) is 11.3. The van der Waals surface area contributed by atoms with Crippen molar-refractivity contribution in [2.24, 2.45) is 0 Å². The van der Waals surface area contributed by atoms with Crippen molar-refractivity contribution in [2.75, 3.05) is 12.4 Å². The third-order valence-corrected chi connectivity index (χ3v) is 4.39. The zero-order valence-corrected chi connectivity index (χ0v) is 16.4. The van der Waals surface area contributed by atoms with Crippen LogP contribution in [0.2, 0.25) is 0 Å². The van der Waals surface area contributed by atoms with E-state index < -0.39 is 5.91 Å². The van der Waals surface area contributed by atoms with Crippen molar-refractivity contribution in [1.82, 2.24) is 20.2 Å². The van der Waals surface area contributed by atoms with Gasteiger partial charge in [0.2, 0.25) is 0 Å². The highest BCUT2D eigenvalue weighted by Crippen LogP contribution is 2.27. The van der Waals surface area contributed by atoms with Crippen molar-refractivity contribution in [1.29, 1.82) is 0 Å². The van der Waals surface area contributed by atoms with Crippen LogP contribution in [0.1, 0.15) is 11.3 Å². The van der Waals surface area contributed by atoms with E-state index in [0.717, 1.165) is 11.1 Å². The highest BCUT2D eigenvalue weighted by Gasteiger charge is 2.21. The minimum atomic E-state index is -0.417. The Labute approximate surface area is 172 Å². The van der Waals surface area contributed by atoms with Gasteiger partial charge in [-0.15, -0.1) is 5.10 Å². The zero-order chi connectivity index (χ0) is 20.9. The molecule has 8 heteroatoms. The van der Waals surface area contributed by atoms with Crippen LogP contribution in [0, 0.1) is 6.92 Å². The molecule has 2 aromatic carbocycles. The lowest BCUT2D eigenvalue weighted by Crippen LogP contribution is -2.19. The first kappa shape index (κ1) is 19.1. The Kier molecular flexibility index (Phi) is 5.38. The Balaban J connectivity index is 1.77. The van der Waals surface area contributed by atoms with E-state index >= 15 is 0 Å². The summed E-state index contributed by atoms with van der Waals surface area (Å²) in [5.41, 5.74) is 2.49. The molecule has 4 aromatic rings. The number of benzene rings is 2. The second-order valence-electron chi connectivity index (χ2n) is 6.48. The van der Waals surface area contributed by atoms with Gasteiger partial charge in [0.15, 0.2) is 5.82 Å². The Morgan fingerprint density at radius 1 is 1.13 bits per heavy atom. The number of nitrogens with one attached hydrogen (secondary N) is 1. The number of aromatic nitrogens is 4. The number of tetrazole rings is 1. The molecule has 2 heterocycles. The molecule has 4 rings (SSSR count). The second kappa shape index (κ2) is 8.44. The van der Waals surface area contributed by atoms with Crippen LogP contribution in [0.3, 0.4) is 0 Å². The summed E-state index contributed by atoms with van der Waals surface area (Å²) in [6, 6.07) is 18.4. The average Bonchev–Trinajstić information content (AvgIpc) is 3.45. The number of carbonyl (C=O) groups is 1. The van der Waals surface area contributed by atoms with Crippen molar-refractivity contribution in [3.63, 3.8) is 0 Å². The van der Waals surface area contributed by atoms with E-state index in [1.807, 2.05) is 49.4 Å². The van der Waals surface area contributed by atoms with Gasteiger partial charge in [-0.05, 0) is 47.2 Å². The smallest absolute Gasteiger partial charge is 0.274 e. The summed E-state index contributed by atoms with van der Waals surface area (Å²) >= 11 is 0. The lowest BCUT2D eigenvalue weighted by Gasteiger charge is -2.13. The number of ether oxygens (including phenoxy) is 1. The Bertz CT molecular complexity index is 1180. The first-order valence-electron chi connectivity index (χ1n) is 9.21. The van der Waals surface area contributed by atoms with Crippen molar-refractivity contribution in [2.45, 2.75) is 6.92 Å². The average molecular weight is 401 g/mol. The van der Waals surface area contributed by atoms with Gasteiger partial charge >= 0.3 is 0 Å². The number of hydrogen-bond acceptors (Lipinski definition) is 6. The first-order chi connectivity index (χ1) is 14.7. The van der Waals surface area contributed by atoms with E-state index in [1.165, 1.54) is 10.9 Å². The standard InChI is InChI=1S/C22H19N5O3/c1-15-10-11-20(29-2)18(13-15)23-22(28)19(14-17-9-6-12-30-17)27-21(24-25-26-27)16-7-4-3-5-8-16/h3-14H,1-2H3,(H,23,28). The molecule has 0 aliphatic heterocycles. The van der Waals surface area contributed by atoms with E-state index in [-0.39, 0.29) is 5.70 Å². The van der Waals surface area contributed by atoms with Gasteiger partial charge in [-0.3, -0.25) is 4.79 Å². The summed E-state index contributed by atoms with van der Waals surface area (Å²) < 4.78 is 12.2. The molecule has 0 spiro atoms. The molecule has 2 aromatic heterocycles. The third kappa shape index (κ3) is 3.97. The quantitative estimate of drug-likeness (QED) is 0.493. The fraction of sp³-hybridized carbons (Fsp3) is 0.0909. The number of anilines is 1. The molecule has 0 unspecified atom stereocenters. The molecule has 30 heavy (non-hydrogen) atoms. The van der Waals surface area contributed by atoms with Gasteiger partial charge in [0.05, 0.1) is 19.1 Å². The third-order valence-electron chi connectivity index (χ3n) is 4.39. The van der Waals surface area contributed by atoms with Crippen LogP contribution in [0.25, 0.3) is 23.2 Å². The number of aryl methyl sites for hydroxylation is 1. The van der Waals surface area contributed by atoms with Crippen molar-refractivity contribution >= 4 is 23.4 Å². The molecule has 0 aliphatic rings. The van der Waals surface area contributed by atoms with E-state index in [2.05, 4.69) is 20.8 Å². The predicted molar refractivity (Wildman–Crippen MR) is 112 cm³/mol. The Morgan fingerprint density at radius 2 is 1.97 bits per heavy atom. The Hall–Kier alpha value is -4.20. The minimum absolute atomic E-state index is 0.192. The zero-order valence-electron chi connectivity index (χ0n) is 16.4. The number of rotatable bonds is 6. The van der Waals surface area contributed by atoms with Crippen LogP contribution in [-0.4, -0.2) is 33.2 Å². The van der Waals surface area contributed by atoms with Gasteiger partial charge in [0, 0.05) is 11.6 Å². The van der Waals surface area contributed by atoms with E-state index in [9.17, 15) is 4.79 Å². The minimum Gasteiger partial charge on any atom is -0.495 e. The lowest BCUT2D eigenvalue weighted by atomic mass is 10.2. The molecule has 0 fully saturated rings. The van der Waals surface area contributed by atoms with E-state index in [1.54, 1.807) is 31.4 Å². The predicted octanol–water partition coefficient (Wildman–Crippen LogP) is 3.89. The molecule has 1 amide bonds. The topological polar surface area (TPSA) is 95.1 Å². The molecule has 0 aliphatic carbocycles. The van der Waals surface area contributed by atoms with Crippen molar-refractivity contribution in [3.8, 4) is 17.1 Å². The summed E-state index contributed by atoms with van der Waals surface area (Å²) in [7, 11) is 1.55. The second-order valence-corrected chi connectivity index (χ2v) is 6.48. The van der Waals surface area contributed by atoms with Gasteiger partial charge in [0.25, 0.3) is 5.91 Å². The molecule has 0 radical (unpaired) electrons. The lowest BCUT2D eigenvalue weighted by molar-refractivity contribution is -0.111. The molecular formula is C22H19N5O3. The number of hydrogen-bond donors (Lipinski definition) is 1. The van der Waals surface area contributed by atoms with Crippen molar-refractivity contribution in [3.05, 3.63) is 78.3 Å². The summed E-state index contributed by atoms with van der Waals surface area (Å²) in [6.45, 7) is 1.93. The summed E-state index contributed by atoms with van der Waals surface area (Å²) in [4.78, 5) is 13.3. The van der Waals surface area contributed by atoms with Crippen LogP contribution < -0.4 is 10.1 Å². The number of methoxy groups -OCH3 is 1. The summed E-state index contributed by atoms with van der Waals surface area (Å²) in [5.74, 6) is 1.05. The van der Waals surface area contributed by atoms with Gasteiger partial charge in [0.1, 0.15) is 17.2 Å². The molecule has 1 N–H and O–H groups in total. The van der Waals surface area contributed by atoms with E-state index in [4.69, 9.17) is 9.15 Å². The fourth-order valence-electron chi connectivity index (χ4n) is 2.95. The molecule has 8 nitrogen and oxygen atoms in total. The van der Waals surface area contributed by atoms with Crippen LogP contribution in [-0.2, 0) is 4.79 Å². The summed E-state index contributed by atoms with van der Waals surface area (Å²) in [5, 5.41) is 14.8. The summed E-state index contributed by atoms with van der Waals surface area (Å²) in [6.07, 6.45) is 3.11. The SMILES string of the molecule is COc1ccc(C)cc1NC(=O)C(=Cc1ccco1)n1nnnc1-c1ccccc1. The van der Waals surface area contributed by atoms with Crippen LogP contribution >= 0.6 is 0 Å². The molecule has 0 bridgehead atoms. The molecular weight excluding hydrogens is 382 g/mol.